The molecule has 1 aliphatic heterocycles. The Kier molecular flexibility index (Phi) is 3.46. The molecule has 1 unspecified atom stereocenters. The van der Waals surface area contributed by atoms with E-state index in [0.717, 1.165) is 0 Å². The van der Waals surface area contributed by atoms with Crippen LogP contribution in [-0.4, -0.2) is 46.2 Å². The Morgan fingerprint density at radius 3 is 2.21 bits per heavy atom. The number of likely N-dealkylation sites (tertiary alicyclic amines) is 1. The van der Waals surface area contributed by atoms with Crippen LogP contribution < -0.4 is 0 Å². The smallest absolute Gasteiger partial charge is 0.332 e. The van der Waals surface area contributed by atoms with Crippen molar-refractivity contribution in [2.45, 2.75) is 25.9 Å². The van der Waals surface area contributed by atoms with Gasteiger partial charge in [0.25, 0.3) is 0 Å². The number of hydrogen-bond donors (Lipinski definition) is 2. The predicted octanol–water partition coefficient (Wildman–Crippen LogP) is -0.310. The molecule has 1 heterocycles. The van der Waals surface area contributed by atoms with E-state index in [1.54, 1.807) is 4.90 Å². The molecule has 1 aliphatic rings. The van der Waals surface area contributed by atoms with Crippen LogP contribution >= 0.6 is 0 Å². The van der Waals surface area contributed by atoms with Crippen molar-refractivity contribution in [2.24, 2.45) is 5.92 Å². The molecule has 0 aromatic carbocycles. The standard InChI is InChI=1S/C9H15NO4/c1-6(11)10-4-2-7(3-5-10)8(12)9(13)14/h7-8,12H,2-5H2,1H3,(H,13,14). The van der Waals surface area contributed by atoms with Crippen LogP contribution in [0, 0.1) is 5.92 Å². The molecular weight excluding hydrogens is 186 g/mol. The summed E-state index contributed by atoms with van der Waals surface area (Å²) in [6.07, 6.45) is -0.163. The van der Waals surface area contributed by atoms with Crippen molar-refractivity contribution in [2.75, 3.05) is 13.1 Å². The van der Waals surface area contributed by atoms with Gasteiger partial charge in [0.15, 0.2) is 6.10 Å². The Morgan fingerprint density at radius 2 is 1.86 bits per heavy atom. The Hall–Kier alpha value is -1.10. The second kappa shape index (κ2) is 4.41. The molecular formula is C9H15NO4. The first-order valence-corrected chi connectivity index (χ1v) is 4.68. The average molecular weight is 201 g/mol. The van der Waals surface area contributed by atoms with Crippen molar-refractivity contribution in [3.05, 3.63) is 0 Å². The number of carboxylic acids is 1. The molecule has 0 aromatic heterocycles. The normalized spacial score (nSPS) is 20.6. The van der Waals surface area contributed by atoms with Crippen molar-refractivity contribution >= 4 is 11.9 Å². The molecule has 0 aromatic rings. The zero-order valence-corrected chi connectivity index (χ0v) is 8.14. The zero-order chi connectivity index (χ0) is 10.7. The summed E-state index contributed by atoms with van der Waals surface area (Å²) >= 11 is 0. The lowest BCUT2D eigenvalue weighted by atomic mass is 9.91. The maximum Gasteiger partial charge on any atom is 0.332 e. The topological polar surface area (TPSA) is 77.8 Å². The van der Waals surface area contributed by atoms with Gasteiger partial charge in [0, 0.05) is 20.0 Å². The number of amides is 1. The molecule has 1 saturated heterocycles. The summed E-state index contributed by atoms with van der Waals surface area (Å²) in [4.78, 5) is 23.1. The van der Waals surface area contributed by atoms with Crippen LogP contribution in [-0.2, 0) is 9.59 Å². The molecule has 1 fully saturated rings. The molecule has 1 atom stereocenters. The fourth-order valence-corrected chi connectivity index (χ4v) is 1.73. The lowest BCUT2D eigenvalue weighted by Gasteiger charge is -2.32. The van der Waals surface area contributed by atoms with E-state index in [1.807, 2.05) is 0 Å². The third kappa shape index (κ3) is 2.45. The van der Waals surface area contributed by atoms with Crippen LogP contribution in [0.3, 0.4) is 0 Å². The third-order valence-corrected chi connectivity index (χ3v) is 2.68. The van der Waals surface area contributed by atoms with Crippen molar-refractivity contribution in [3.8, 4) is 0 Å². The highest BCUT2D eigenvalue weighted by molar-refractivity contribution is 5.74. The third-order valence-electron chi connectivity index (χ3n) is 2.68. The lowest BCUT2D eigenvalue weighted by molar-refractivity contribution is -0.151. The average Bonchev–Trinajstić information content (AvgIpc) is 2.16. The van der Waals surface area contributed by atoms with Crippen molar-refractivity contribution in [1.82, 2.24) is 4.90 Å². The van der Waals surface area contributed by atoms with Crippen molar-refractivity contribution in [3.63, 3.8) is 0 Å². The predicted molar refractivity (Wildman–Crippen MR) is 48.6 cm³/mol. The molecule has 0 spiro atoms. The van der Waals surface area contributed by atoms with Crippen LogP contribution in [0.4, 0.5) is 0 Å². The summed E-state index contributed by atoms with van der Waals surface area (Å²) in [6.45, 7) is 2.59. The van der Waals surface area contributed by atoms with E-state index in [2.05, 4.69) is 0 Å². The molecule has 14 heavy (non-hydrogen) atoms. The number of aliphatic hydroxyl groups excluding tert-OH is 1. The minimum atomic E-state index is -1.29. The molecule has 5 nitrogen and oxygen atoms in total. The second-order valence-electron chi connectivity index (χ2n) is 3.63. The van der Waals surface area contributed by atoms with Crippen molar-refractivity contribution in [1.29, 1.82) is 0 Å². The number of hydrogen-bond acceptors (Lipinski definition) is 3. The van der Waals surface area contributed by atoms with Crippen LogP contribution in [0.25, 0.3) is 0 Å². The molecule has 0 aliphatic carbocycles. The van der Waals surface area contributed by atoms with E-state index in [1.165, 1.54) is 6.92 Å². The van der Waals surface area contributed by atoms with Gasteiger partial charge in [-0.3, -0.25) is 4.79 Å². The highest BCUT2D eigenvalue weighted by atomic mass is 16.4. The maximum absolute atomic E-state index is 11.0. The van der Waals surface area contributed by atoms with E-state index in [0.29, 0.717) is 25.9 Å². The fourth-order valence-electron chi connectivity index (χ4n) is 1.73. The first kappa shape index (κ1) is 11.0. The summed E-state index contributed by atoms with van der Waals surface area (Å²) in [5, 5.41) is 17.9. The zero-order valence-electron chi connectivity index (χ0n) is 8.14. The van der Waals surface area contributed by atoms with Gasteiger partial charge in [-0.15, -0.1) is 0 Å². The van der Waals surface area contributed by atoms with Crippen LogP contribution in [0.5, 0.6) is 0 Å². The molecule has 80 valence electrons. The number of carboxylic acid groups (broad SMARTS) is 1. The van der Waals surface area contributed by atoms with Gasteiger partial charge in [-0.2, -0.15) is 0 Å². The summed E-state index contributed by atoms with van der Waals surface area (Å²) in [5.41, 5.74) is 0. The van der Waals surface area contributed by atoms with Crippen LogP contribution in [0.15, 0.2) is 0 Å². The van der Waals surface area contributed by atoms with E-state index in [4.69, 9.17) is 5.11 Å². The van der Waals surface area contributed by atoms with Gasteiger partial charge >= 0.3 is 5.97 Å². The van der Waals surface area contributed by atoms with Crippen LogP contribution in [0.2, 0.25) is 0 Å². The quantitative estimate of drug-likeness (QED) is 0.642. The Balaban J connectivity index is 2.43. The highest BCUT2D eigenvalue weighted by Crippen LogP contribution is 2.20. The number of aliphatic carboxylic acids is 1. The van der Waals surface area contributed by atoms with Crippen molar-refractivity contribution < 1.29 is 19.8 Å². The number of carbonyl (C=O) groups excluding carboxylic acids is 1. The Labute approximate surface area is 82.3 Å². The van der Waals surface area contributed by atoms with Gasteiger partial charge in [-0.1, -0.05) is 0 Å². The SMILES string of the molecule is CC(=O)N1CCC(C(O)C(=O)O)CC1. The number of carbonyl (C=O) groups is 2. The number of aliphatic hydroxyl groups is 1. The van der Waals surface area contributed by atoms with E-state index >= 15 is 0 Å². The molecule has 0 saturated carbocycles. The summed E-state index contributed by atoms with van der Waals surface area (Å²) < 4.78 is 0. The van der Waals surface area contributed by atoms with Gasteiger partial charge in [-0.25, -0.2) is 4.79 Å². The minimum absolute atomic E-state index is 0.00765. The minimum Gasteiger partial charge on any atom is -0.479 e. The maximum atomic E-state index is 11.0. The molecule has 0 bridgehead atoms. The second-order valence-corrected chi connectivity index (χ2v) is 3.63. The molecule has 5 heteroatoms. The van der Waals surface area contributed by atoms with Gasteiger partial charge in [0.05, 0.1) is 0 Å². The van der Waals surface area contributed by atoms with E-state index in [9.17, 15) is 14.7 Å². The Bertz CT molecular complexity index is 233. The first-order chi connectivity index (χ1) is 6.52. The summed E-state index contributed by atoms with van der Waals surface area (Å²) in [7, 11) is 0. The van der Waals surface area contributed by atoms with E-state index < -0.39 is 12.1 Å². The van der Waals surface area contributed by atoms with Crippen LogP contribution in [0.1, 0.15) is 19.8 Å². The largest absolute Gasteiger partial charge is 0.479 e. The number of nitrogens with zero attached hydrogens (tertiary/aromatic N) is 1. The lowest BCUT2D eigenvalue weighted by Crippen LogP contribution is -2.42. The number of rotatable bonds is 2. The van der Waals surface area contributed by atoms with Gasteiger partial charge < -0.3 is 15.1 Å². The summed E-state index contributed by atoms with van der Waals surface area (Å²) in [5.74, 6) is -1.39. The molecule has 2 N–H and O–H groups in total. The van der Waals surface area contributed by atoms with Gasteiger partial charge in [0.2, 0.25) is 5.91 Å². The van der Waals surface area contributed by atoms with Gasteiger partial charge in [-0.05, 0) is 18.8 Å². The Morgan fingerprint density at radius 1 is 1.36 bits per heavy atom. The first-order valence-electron chi connectivity index (χ1n) is 4.68. The summed E-state index contributed by atoms with van der Waals surface area (Å²) in [6, 6.07) is 0. The highest BCUT2D eigenvalue weighted by Gasteiger charge is 2.29. The number of piperidine rings is 1. The van der Waals surface area contributed by atoms with Gasteiger partial charge in [0.1, 0.15) is 0 Å². The molecule has 1 amide bonds. The molecule has 0 radical (unpaired) electrons. The van der Waals surface area contributed by atoms with E-state index in [-0.39, 0.29) is 11.8 Å². The monoisotopic (exact) mass is 201 g/mol. The molecule has 1 rings (SSSR count). The fraction of sp³-hybridized carbons (Fsp3) is 0.778.